The molecule has 31 heavy (non-hydrogen) atoms. The molecule has 160 valence electrons. The van der Waals surface area contributed by atoms with Gasteiger partial charge >= 0.3 is 0 Å². The van der Waals surface area contributed by atoms with E-state index in [-0.39, 0.29) is 17.7 Å². The number of likely N-dealkylation sites (tertiary alicyclic amines) is 1. The van der Waals surface area contributed by atoms with Crippen LogP contribution in [0.25, 0.3) is 11.1 Å². The summed E-state index contributed by atoms with van der Waals surface area (Å²) in [5.74, 6) is 0.124. The van der Waals surface area contributed by atoms with Crippen LogP contribution < -0.4 is 5.32 Å². The van der Waals surface area contributed by atoms with E-state index in [9.17, 15) is 9.59 Å². The maximum Gasteiger partial charge on any atom is 0.259 e. The Morgan fingerprint density at radius 3 is 2.77 bits per heavy atom. The van der Waals surface area contributed by atoms with Crippen molar-refractivity contribution >= 4 is 34.5 Å². The van der Waals surface area contributed by atoms with Gasteiger partial charge in [-0.25, -0.2) is 4.98 Å². The van der Waals surface area contributed by atoms with E-state index in [4.69, 9.17) is 16.1 Å². The minimum absolute atomic E-state index is 0.0323. The fraction of sp³-hybridized carbons (Fsp3) is 0.391. The van der Waals surface area contributed by atoms with Crippen molar-refractivity contribution in [3.63, 3.8) is 0 Å². The highest BCUT2D eigenvalue weighted by Gasteiger charge is 2.33. The maximum absolute atomic E-state index is 13.0. The third-order valence-corrected chi connectivity index (χ3v) is 6.36. The molecule has 0 bridgehead atoms. The molecule has 1 aliphatic heterocycles. The first kappa shape index (κ1) is 20.0. The number of carbonyl (C=O) groups is 2. The molecule has 2 aliphatic rings. The standard InChI is InChI=1S/C23H23ClN4O3/c1-25-21(29)17-11-18(13-7-8-13)26-22-19(17)20(27-31-22)15-5-3-9-28(12-15)23(30)14-4-2-6-16(24)10-14/h2,4,6,10-11,13,15H,3,5,7-9,12H2,1H3,(H,25,29). The first-order chi connectivity index (χ1) is 15.0. The number of pyridine rings is 1. The molecular weight excluding hydrogens is 416 g/mol. The van der Waals surface area contributed by atoms with Crippen LogP contribution in [-0.4, -0.2) is 47.0 Å². The second-order valence-corrected chi connectivity index (χ2v) is 8.73. The number of benzene rings is 1. The molecule has 0 radical (unpaired) electrons. The molecule has 5 rings (SSSR count). The van der Waals surface area contributed by atoms with Crippen LogP contribution in [0.3, 0.4) is 0 Å². The lowest BCUT2D eigenvalue weighted by Gasteiger charge is -2.32. The molecule has 1 saturated heterocycles. The normalized spacial score (nSPS) is 18.9. The zero-order chi connectivity index (χ0) is 21.5. The van der Waals surface area contributed by atoms with E-state index in [1.807, 2.05) is 11.0 Å². The van der Waals surface area contributed by atoms with Gasteiger partial charge in [0, 0.05) is 48.3 Å². The minimum Gasteiger partial charge on any atom is -0.355 e. The smallest absolute Gasteiger partial charge is 0.259 e. The average molecular weight is 439 g/mol. The number of hydrogen-bond acceptors (Lipinski definition) is 5. The summed E-state index contributed by atoms with van der Waals surface area (Å²) in [5.41, 5.74) is 3.10. The molecular formula is C23H23ClN4O3. The van der Waals surface area contributed by atoms with E-state index < -0.39 is 0 Å². The topological polar surface area (TPSA) is 88.3 Å². The number of rotatable bonds is 4. The van der Waals surface area contributed by atoms with Crippen molar-refractivity contribution in [1.29, 1.82) is 0 Å². The van der Waals surface area contributed by atoms with E-state index in [1.54, 1.807) is 31.3 Å². The van der Waals surface area contributed by atoms with E-state index >= 15 is 0 Å². The third kappa shape index (κ3) is 3.78. The zero-order valence-electron chi connectivity index (χ0n) is 17.2. The Hall–Kier alpha value is -2.93. The first-order valence-electron chi connectivity index (χ1n) is 10.6. The molecule has 0 spiro atoms. The number of nitrogens with zero attached hydrogens (tertiary/aromatic N) is 3. The summed E-state index contributed by atoms with van der Waals surface area (Å²) in [6.07, 6.45) is 3.86. The third-order valence-electron chi connectivity index (χ3n) is 6.13. The van der Waals surface area contributed by atoms with Gasteiger partial charge in [0.15, 0.2) is 0 Å². The fourth-order valence-corrected chi connectivity index (χ4v) is 4.55. The quantitative estimate of drug-likeness (QED) is 0.661. The monoisotopic (exact) mass is 438 g/mol. The first-order valence-corrected chi connectivity index (χ1v) is 11.0. The lowest BCUT2D eigenvalue weighted by atomic mass is 9.91. The Morgan fingerprint density at radius 1 is 1.19 bits per heavy atom. The van der Waals surface area contributed by atoms with Gasteiger partial charge in [-0.2, -0.15) is 0 Å². The van der Waals surface area contributed by atoms with Crippen molar-refractivity contribution < 1.29 is 14.1 Å². The number of fused-ring (bicyclic) bond motifs is 1. The van der Waals surface area contributed by atoms with E-state index in [2.05, 4.69) is 15.5 Å². The van der Waals surface area contributed by atoms with Crippen LogP contribution in [0.2, 0.25) is 5.02 Å². The van der Waals surface area contributed by atoms with Crippen molar-refractivity contribution in [3.05, 3.63) is 57.9 Å². The van der Waals surface area contributed by atoms with Crippen LogP contribution in [0.5, 0.6) is 0 Å². The number of halogens is 1. The fourth-order valence-electron chi connectivity index (χ4n) is 4.36. The summed E-state index contributed by atoms with van der Waals surface area (Å²) in [7, 11) is 1.62. The average Bonchev–Trinajstić information content (AvgIpc) is 3.56. The van der Waals surface area contributed by atoms with Crippen molar-refractivity contribution in [2.75, 3.05) is 20.1 Å². The second kappa shape index (κ2) is 7.96. The Morgan fingerprint density at radius 2 is 2.03 bits per heavy atom. The van der Waals surface area contributed by atoms with Crippen molar-refractivity contribution in [2.24, 2.45) is 0 Å². The Kier molecular flexibility index (Phi) is 5.14. The lowest BCUT2D eigenvalue weighted by Crippen LogP contribution is -2.39. The highest BCUT2D eigenvalue weighted by atomic mass is 35.5. The summed E-state index contributed by atoms with van der Waals surface area (Å²) in [5, 5.41) is 8.24. The summed E-state index contributed by atoms with van der Waals surface area (Å²) >= 11 is 6.07. The highest BCUT2D eigenvalue weighted by Crippen LogP contribution is 2.41. The number of aromatic nitrogens is 2. The summed E-state index contributed by atoms with van der Waals surface area (Å²) in [6, 6.07) is 8.86. The molecule has 1 aromatic carbocycles. The van der Waals surface area contributed by atoms with Gasteiger partial charge in [0.25, 0.3) is 17.5 Å². The van der Waals surface area contributed by atoms with Crippen LogP contribution in [0, 0.1) is 0 Å². The molecule has 1 atom stereocenters. The van der Waals surface area contributed by atoms with E-state index in [1.165, 1.54) is 0 Å². The molecule has 1 aliphatic carbocycles. The van der Waals surface area contributed by atoms with Gasteiger partial charge in [-0.05, 0) is 49.9 Å². The van der Waals surface area contributed by atoms with Crippen molar-refractivity contribution in [3.8, 4) is 0 Å². The van der Waals surface area contributed by atoms with Crippen LogP contribution in [0.1, 0.15) is 69.6 Å². The predicted molar refractivity (Wildman–Crippen MR) is 116 cm³/mol. The SMILES string of the molecule is CNC(=O)c1cc(C2CC2)nc2onc(C3CCCN(C(=O)c4cccc(Cl)c4)C3)c12. The summed E-state index contributed by atoms with van der Waals surface area (Å²) in [4.78, 5) is 32.1. The minimum atomic E-state index is -0.179. The molecule has 1 unspecified atom stereocenters. The summed E-state index contributed by atoms with van der Waals surface area (Å²) < 4.78 is 5.59. The van der Waals surface area contributed by atoms with Crippen LogP contribution in [0.4, 0.5) is 0 Å². The molecule has 7 nitrogen and oxygen atoms in total. The molecule has 1 N–H and O–H groups in total. The predicted octanol–water partition coefficient (Wildman–Crippen LogP) is 4.13. The molecule has 2 aromatic heterocycles. The maximum atomic E-state index is 13.0. The van der Waals surface area contributed by atoms with Gasteiger partial charge in [-0.1, -0.05) is 22.8 Å². The highest BCUT2D eigenvalue weighted by molar-refractivity contribution is 6.30. The van der Waals surface area contributed by atoms with Crippen LogP contribution >= 0.6 is 11.6 Å². The van der Waals surface area contributed by atoms with Gasteiger partial charge in [-0.15, -0.1) is 0 Å². The Bertz CT molecular complexity index is 1170. The number of nitrogens with one attached hydrogen (secondary N) is 1. The van der Waals surface area contributed by atoms with Crippen LogP contribution in [-0.2, 0) is 0 Å². The number of piperidine rings is 1. The number of carbonyl (C=O) groups excluding carboxylic acids is 2. The zero-order valence-corrected chi connectivity index (χ0v) is 18.0. The molecule has 8 heteroatoms. The van der Waals surface area contributed by atoms with Crippen LogP contribution in [0.15, 0.2) is 34.9 Å². The van der Waals surface area contributed by atoms with Crippen molar-refractivity contribution in [1.82, 2.24) is 20.4 Å². The van der Waals surface area contributed by atoms with E-state index in [0.29, 0.717) is 52.0 Å². The van der Waals surface area contributed by atoms with Gasteiger partial charge in [0.1, 0.15) is 0 Å². The number of hydrogen-bond donors (Lipinski definition) is 1. The molecule has 1 saturated carbocycles. The lowest BCUT2D eigenvalue weighted by molar-refractivity contribution is 0.0704. The van der Waals surface area contributed by atoms with Crippen molar-refractivity contribution in [2.45, 2.75) is 37.5 Å². The second-order valence-electron chi connectivity index (χ2n) is 8.30. The molecule has 3 heterocycles. The largest absolute Gasteiger partial charge is 0.355 e. The summed E-state index contributed by atoms with van der Waals surface area (Å²) in [6.45, 7) is 1.18. The number of amides is 2. The van der Waals surface area contributed by atoms with Gasteiger partial charge in [0.05, 0.1) is 16.6 Å². The Labute approximate surface area is 184 Å². The van der Waals surface area contributed by atoms with Gasteiger partial charge < -0.3 is 14.7 Å². The van der Waals surface area contributed by atoms with Gasteiger partial charge in [0.2, 0.25) is 0 Å². The van der Waals surface area contributed by atoms with Gasteiger partial charge in [-0.3, -0.25) is 9.59 Å². The Balaban J connectivity index is 1.48. The van der Waals surface area contributed by atoms with E-state index in [0.717, 1.165) is 31.4 Å². The molecule has 2 fully saturated rings. The molecule has 2 amide bonds. The molecule has 3 aromatic rings.